The van der Waals surface area contributed by atoms with Gasteiger partial charge in [-0.15, -0.1) is 0 Å². The van der Waals surface area contributed by atoms with Gasteiger partial charge in [-0.2, -0.15) is 5.10 Å². The summed E-state index contributed by atoms with van der Waals surface area (Å²) in [6, 6.07) is 15.4. The molecule has 0 spiro atoms. The van der Waals surface area contributed by atoms with Gasteiger partial charge in [-0.25, -0.2) is 4.98 Å². The topological polar surface area (TPSA) is 91.4 Å². The first-order chi connectivity index (χ1) is 13.5. The fourth-order valence-electron chi connectivity index (χ4n) is 3.15. The summed E-state index contributed by atoms with van der Waals surface area (Å²) < 4.78 is 2.10. The molecule has 142 valence electrons. The van der Waals surface area contributed by atoms with Gasteiger partial charge in [0.2, 0.25) is 5.91 Å². The minimum absolute atomic E-state index is 0.0726. The van der Waals surface area contributed by atoms with Gasteiger partial charge in [0.05, 0.1) is 17.1 Å². The average molecular weight is 392 g/mol. The van der Waals surface area contributed by atoms with Crippen molar-refractivity contribution in [1.82, 2.24) is 30.0 Å². The molecule has 2 aromatic heterocycles. The molecule has 2 aromatic carbocycles. The van der Waals surface area contributed by atoms with Crippen LogP contribution in [0, 0.1) is 11.7 Å². The Morgan fingerprint density at radius 2 is 2.07 bits per heavy atom. The fourth-order valence-corrected chi connectivity index (χ4v) is 3.34. The minimum Gasteiger partial charge on any atom is -0.345 e. The van der Waals surface area contributed by atoms with Gasteiger partial charge in [0.1, 0.15) is 12.4 Å². The Bertz CT molecular complexity index is 1170. The number of amides is 1. The summed E-state index contributed by atoms with van der Waals surface area (Å²) >= 11 is 5.32. The maximum absolute atomic E-state index is 12.7. The van der Waals surface area contributed by atoms with E-state index in [9.17, 15) is 4.79 Å². The summed E-state index contributed by atoms with van der Waals surface area (Å²) in [5.41, 5.74) is 3.83. The van der Waals surface area contributed by atoms with E-state index < -0.39 is 0 Å². The number of aromatic nitrogens is 5. The number of H-pyrrole nitrogens is 2. The SMILES string of the molecule is Cc1cccc(-c2n[nH]c(=S)n2CC(=O)N[C@@H](C)c2nc3ccccc3[nH]2)c1. The third kappa shape index (κ3) is 3.59. The summed E-state index contributed by atoms with van der Waals surface area (Å²) in [6.07, 6.45) is 0. The molecule has 0 fully saturated rings. The Balaban J connectivity index is 1.52. The van der Waals surface area contributed by atoms with Crippen molar-refractivity contribution in [2.45, 2.75) is 26.4 Å². The number of nitrogens with zero attached hydrogens (tertiary/aromatic N) is 3. The molecular formula is C20H20N6OS. The lowest BCUT2D eigenvalue weighted by molar-refractivity contribution is -0.122. The van der Waals surface area contributed by atoms with Crippen molar-refractivity contribution in [2.24, 2.45) is 0 Å². The Morgan fingerprint density at radius 1 is 1.25 bits per heavy atom. The third-order valence-electron chi connectivity index (χ3n) is 4.53. The van der Waals surface area contributed by atoms with Gasteiger partial charge in [0, 0.05) is 5.56 Å². The maximum Gasteiger partial charge on any atom is 0.240 e. The number of hydrogen-bond donors (Lipinski definition) is 3. The summed E-state index contributed by atoms with van der Waals surface area (Å²) in [5.74, 6) is 1.18. The Labute approximate surface area is 166 Å². The van der Waals surface area contributed by atoms with Crippen molar-refractivity contribution in [3.63, 3.8) is 0 Å². The largest absolute Gasteiger partial charge is 0.345 e. The summed E-state index contributed by atoms with van der Waals surface area (Å²) in [5, 5.41) is 10.0. The fraction of sp³-hybridized carbons (Fsp3) is 0.200. The molecule has 28 heavy (non-hydrogen) atoms. The number of carbonyl (C=O) groups excluding carboxylic acids is 1. The molecule has 1 amide bonds. The summed E-state index contributed by atoms with van der Waals surface area (Å²) in [7, 11) is 0. The second-order valence-corrected chi connectivity index (χ2v) is 7.12. The number of nitrogens with one attached hydrogen (secondary N) is 3. The molecule has 4 aromatic rings. The molecule has 4 rings (SSSR count). The predicted molar refractivity (Wildman–Crippen MR) is 110 cm³/mol. The Hall–Kier alpha value is -3.26. The molecular weight excluding hydrogens is 372 g/mol. The smallest absolute Gasteiger partial charge is 0.240 e. The molecule has 0 unspecified atom stereocenters. The third-order valence-corrected chi connectivity index (χ3v) is 4.84. The lowest BCUT2D eigenvalue weighted by Crippen LogP contribution is -2.31. The van der Waals surface area contributed by atoms with Gasteiger partial charge >= 0.3 is 0 Å². The molecule has 0 aliphatic rings. The van der Waals surface area contributed by atoms with E-state index in [2.05, 4.69) is 25.5 Å². The molecule has 0 aliphatic carbocycles. The number of rotatable bonds is 5. The van der Waals surface area contributed by atoms with E-state index in [0.717, 1.165) is 22.2 Å². The highest BCUT2D eigenvalue weighted by molar-refractivity contribution is 7.71. The average Bonchev–Trinajstić information content (AvgIpc) is 3.26. The van der Waals surface area contributed by atoms with E-state index in [4.69, 9.17) is 12.2 Å². The van der Waals surface area contributed by atoms with Crippen LogP contribution in [0.3, 0.4) is 0 Å². The van der Waals surface area contributed by atoms with Crippen molar-refractivity contribution in [1.29, 1.82) is 0 Å². The highest BCUT2D eigenvalue weighted by Gasteiger charge is 2.16. The zero-order valence-electron chi connectivity index (χ0n) is 15.6. The van der Waals surface area contributed by atoms with Crippen LogP contribution in [-0.4, -0.2) is 30.6 Å². The van der Waals surface area contributed by atoms with E-state index in [1.54, 1.807) is 4.57 Å². The molecule has 0 saturated heterocycles. The minimum atomic E-state index is -0.261. The number of aryl methyl sites for hydroxylation is 1. The molecule has 0 bridgehead atoms. The van der Waals surface area contributed by atoms with Crippen LogP contribution >= 0.6 is 12.2 Å². The monoisotopic (exact) mass is 392 g/mol. The highest BCUT2D eigenvalue weighted by atomic mass is 32.1. The van der Waals surface area contributed by atoms with Gasteiger partial charge < -0.3 is 10.3 Å². The van der Waals surface area contributed by atoms with Crippen molar-refractivity contribution in [2.75, 3.05) is 0 Å². The molecule has 2 heterocycles. The Morgan fingerprint density at radius 3 is 2.86 bits per heavy atom. The second-order valence-electron chi connectivity index (χ2n) is 6.74. The molecule has 8 heteroatoms. The van der Waals surface area contributed by atoms with Crippen LogP contribution in [0.15, 0.2) is 48.5 Å². The lowest BCUT2D eigenvalue weighted by atomic mass is 10.1. The van der Waals surface area contributed by atoms with Crippen LogP contribution in [0.4, 0.5) is 0 Å². The molecule has 0 saturated carbocycles. The zero-order valence-corrected chi connectivity index (χ0v) is 16.4. The highest BCUT2D eigenvalue weighted by Crippen LogP contribution is 2.19. The van der Waals surface area contributed by atoms with Crippen molar-refractivity contribution < 1.29 is 4.79 Å². The Kier molecular flexibility index (Phi) is 4.79. The number of benzene rings is 2. The van der Waals surface area contributed by atoms with E-state index in [-0.39, 0.29) is 18.5 Å². The van der Waals surface area contributed by atoms with E-state index in [1.165, 1.54) is 0 Å². The zero-order chi connectivity index (χ0) is 19.7. The van der Waals surface area contributed by atoms with Crippen LogP contribution in [0.25, 0.3) is 22.4 Å². The van der Waals surface area contributed by atoms with Crippen molar-refractivity contribution in [3.05, 3.63) is 64.7 Å². The van der Waals surface area contributed by atoms with E-state index >= 15 is 0 Å². The number of aromatic amines is 2. The van der Waals surface area contributed by atoms with Crippen molar-refractivity contribution >= 4 is 29.2 Å². The number of imidazole rings is 1. The van der Waals surface area contributed by atoms with Gasteiger partial charge in [-0.1, -0.05) is 35.9 Å². The quantitative estimate of drug-likeness (QED) is 0.452. The molecule has 0 radical (unpaired) electrons. The van der Waals surface area contributed by atoms with Gasteiger partial charge in [0.25, 0.3) is 0 Å². The molecule has 1 atom stereocenters. The van der Waals surface area contributed by atoms with Crippen LogP contribution < -0.4 is 5.32 Å². The standard InChI is InChI=1S/C20H20N6OS/c1-12-6-5-7-14(10-12)19-24-25-20(28)26(19)11-17(27)21-13(2)18-22-15-8-3-4-9-16(15)23-18/h3-10,13H,11H2,1-2H3,(H,21,27)(H,22,23)(H,25,28)/t13-/m0/s1. The normalized spacial score (nSPS) is 12.2. The lowest BCUT2D eigenvalue weighted by Gasteiger charge is -2.13. The predicted octanol–water partition coefficient (Wildman–Crippen LogP) is 3.67. The van der Waals surface area contributed by atoms with Crippen LogP contribution in [0.5, 0.6) is 0 Å². The first-order valence-electron chi connectivity index (χ1n) is 8.97. The molecule has 0 aliphatic heterocycles. The number of hydrogen-bond acceptors (Lipinski definition) is 4. The molecule has 3 N–H and O–H groups in total. The van der Waals surface area contributed by atoms with Crippen LogP contribution in [0.1, 0.15) is 24.4 Å². The summed E-state index contributed by atoms with van der Waals surface area (Å²) in [4.78, 5) is 20.4. The number of para-hydroxylation sites is 2. The first kappa shape index (κ1) is 18.1. The van der Waals surface area contributed by atoms with E-state index in [0.29, 0.717) is 16.4 Å². The first-order valence-corrected chi connectivity index (χ1v) is 9.38. The van der Waals surface area contributed by atoms with Crippen molar-refractivity contribution in [3.8, 4) is 11.4 Å². The van der Waals surface area contributed by atoms with Crippen LogP contribution in [0.2, 0.25) is 0 Å². The molecule has 7 nitrogen and oxygen atoms in total. The number of fused-ring (bicyclic) bond motifs is 1. The maximum atomic E-state index is 12.7. The van der Waals surface area contributed by atoms with Gasteiger partial charge in [-0.3, -0.25) is 14.5 Å². The van der Waals surface area contributed by atoms with E-state index in [1.807, 2.05) is 62.4 Å². The second kappa shape index (κ2) is 7.40. The van der Waals surface area contributed by atoms with Gasteiger partial charge in [-0.05, 0) is 44.3 Å². The number of carbonyl (C=O) groups is 1. The van der Waals surface area contributed by atoms with Crippen LogP contribution in [-0.2, 0) is 11.3 Å². The summed E-state index contributed by atoms with van der Waals surface area (Å²) in [6.45, 7) is 3.98. The van der Waals surface area contributed by atoms with Gasteiger partial charge in [0.15, 0.2) is 10.6 Å².